The summed E-state index contributed by atoms with van der Waals surface area (Å²) < 4.78 is 5.19. The van der Waals surface area contributed by atoms with Crippen LogP contribution >= 0.6 is 0 Å². The molecule has 7 heteroatoms. The first-order valence-corrected chi connectivity index (χ1v) is 11.7. The molecule has 1 aromatic heterocycles. The van der Waals surface area contributed by atoms with E-state index in [9.17, 15) is 14.7 Å². The van der Waals surface area contributed by atoms with Crippen molar-refractivity contribution in [2.75, 3.05) is 20.2 Å². The standard InChI is InChI=1S/C28H27N3O4/c1-18(33)35-22-5-3-4-19(14-22)21-16-29-26(30-17-21)23-8-9-28(10-11-28)25-7-6-20(15-24(23)25)27(34)31(2)12-13-32/h3-8,14-17,32H,9-13H2,1-2H3. The number of hydrogen-bond acceptors (Lipinski definition) is 6. The van der Waals surface area contributed by atoms with Gasteiger partial charge in [-0.15, -0.1) is 0 Å². The third-order valence-electron chi connectivity index (χ3n) is 6.78. The van der Waals surface area contributed by atoms with Crippen LogP contribution < -0.4 is 4.74 Å². The second-order valence-corrected chi connectivity index (χ2v) is 9.23. The van der Waals surface area contributed by atoms with Crippen LogP contribution in [0.15, 0.2) is 60.9 Å². The molecule has 0 radical (unpaired) electrons. The molecule has 1 N–H and O–H groups in total. The second-order valence-electron chi connectivity index (χ2n) is 9.23. The average Bonchev–Trinajstić information content (AvgIpc) is 3.64. The van der Waals surface area contributed by atoms with Gasteiger partial charge in [0.1, 0.15) is 5.75 Å². The van der Waals surface area contributed by atoms with Gasteiger partial charge in [-0.3, -0.25) is 9.59 Å². The molecule has 178 valence electrons. The molecule has 2 aliphatic carbocycles. The van der Waals surface area contributed by atoms with Gasteiger partial charge in [0, 0.05) is 49.6 Å². The van der Waals surface area contributed by atoms with E-state index in [0.29, 0.717) is 17.1 Å². The number of carbonyl (C=O) groups excluding carboxylic acids is 2. The van der Waals surface area contributed by atoms with Gasteiger partial charge in [-0.2, -0.15) is 0 Å². The first-order chi connectivity index (χ1) is 16.9. The van der Waals surface area contributed by atoms with Crippen LogP contribution in [0.1, 0.15) is 53.5 Å². The smallest absolute Gasteiger partial charge is 0.308 e. The molecule has 1 spiro atoms. The maximum atomic E-state index is 12.9. The minimum absolute atomic E-state index is 0.0780. The van der Waals surface area contributed by atoms with E-state index in [1.54, 1.807) is 31.6 Å². The fourth-order valence-corrected chi connectivity index (χ4v) is 4.71. The average molecular weight is 470 g/mol. The highest BCUT2D eigenvalue weighted by atomic mass is 16.5. The number of nitrogens with zero attached hydrogens (tertiary/aromatic N) is 3. The Morgan fingerprint density at radius 1 is 1.09 bits per heavy atom. The highest BCUT2D eigenvalue weighted by molar-refractivity contribution is 5.96. The van der Waals surface area contributed by atoms with E-state index < -0.39 is 0 Å². The molecule has 0 atom stereocenters. The summed E-state index contributed by atoms with van der Waals surface area (Å²) in [4.78, 5) is 35.0. The van der Waals surface area contributed by atoms with Gasteiger partial charge in [0.05, 0.1) is 6.61 Å². The van der Waals surface area contributed by atoms with Gasteiger partial charge in [0.15, 0.2) is 5.82 Å². The maximum absolute atomic E-state index is 12.9. The number of carbonyl (C=O) groups is 2. The van der Waals surface area contributed by atoms with E-state index >= 15 is 0 Å². The number of allylic oxidation sites excluding steroid dienone is 1. The number of esters is 1. The summed E-state index contributed by atoms with van der Waals surface area (Å²) in [5.74, 6) is 0.585. The molecule has 0 aliphatic heterocycles. The number of aliphatic hydroxyl groups is 1. The summed E-state index contributed by atoms with van der Waals surface area (Å²) in [6.45, 7) is 1.58. The van der Waals surface area contributed by atoms with Crippen LogP contribution in [0.25, 0.3) is 16.7 Å². The molecule has 0 unspecified atom stereocenters. The molecular formula is C28H27N3O4. The number of amides is 1. The van der Waals surface area contributed by atoms with Crippen molar-refractivity contribution in [1.29, 1.82) is 0 Å². The number of aliphatic hydroxyl groups excluding tert-OH is 1. The van der Waals surface area contributed by atoms with Crippen molar-refractivity contribution in [2.45, 2.75) is 31.6 Å². The van der Waals surface area contributed by atoms with Crippen LogP contribution in [0, 0.1) is 0 Å². The zero-order chi connectivity index (χ0) is 24.6. The normalized spacial score (nSPS) is 15.2. The van der Waals surface area contributed by atoms with Crippen molar-refractivity contribution in [2.24, 2.45) is 0 Å². The Kier molecular flexibility index (Phi) is 5.94. The minimum Gasteiger partial charge on any atom is -0.427 e. The lowest BCUT2D eigenvalue weighted by Crippen LogP contribution is -2.29. The molecule has 1 amide bonds. The van der Waals surface area contributed by atoms with Gasteiger partial charge in [-0.05, 0) is 65.6 Å². The van der Waals surface area contributed by atoms with Crippen molar-refractivity contribution in [3.8, 4) is 16.9 Å². The highest BCUT2D eigenvalue weighted by Crippen LogP contribution is 2.56. The maximum Gasteiger partial charge on any atom is 0.308 e. The summed E-state index contributed by atoms with van der Waals surface area (Å²) in [7, 11) is 1.69. The molecule has 1 fully saturated rings. The first-order valence-electron chi connectivity index (χ1n) is 11.7. The Hall–Kier alpha value is -3.84. The zero-order valence-electron chi connectivity index (χ0n) is 19.8. The molecule has 2 aliphatic rings. The second kappa shape index (κ2) is 9.07. The summed E-state index contributed by atoms with van der Waals surface area (Å²) >= 11 is 0. The molecule has 3 aromatic rings. The SMILES string of the molecule is CC(=O)Oc1cccc(-c2cnc(C3=CCC4(CC4)c4ccc(C(=O)N(C)CCO)cc43)nc2)c1. The molecule has 7 nitrogen and oxygen atoms in total. The molecule has 1 saturated carbocycles. The summed E-state index contributed by atoms with van der Waals surface area (Å²) in [6, 6.07) is 13.2. The van der Waals surface area contributed by atoms with E-state index in [4.69, 9.17) is 4.74 Å². The molecule has 1 heterocycles. The third-order valence-corrected chi connectivity index (χ3v) is 6.78. The number of rotatable bonds is 6. The van der Waals surface area contributed by atoms with Gasteiger partial charge >= 0.3 is 5.97 Å². The molecule has 35 heavy (non-hydrogen) atoms. The molecule has 0 bridgehead atoms. The topological polar surface area (TPSA) is 92.6 Å². The number of aromatic nitrogens is 2. The third kappa shape index (κ3) is 4.47. The number of fused-ring (bicyclic) bond motifs is 2. The van der Waals surface area contributed by atoms with Crippen LogP contribution in [-0.2, 0) is 10.2 Å². The Labute approximate surface area is 204 Å². The van der Waals surface area contributed by atoms with Crippen molar-refractivity contribution in [3.63, 3.8) is 0 Å². The number of benzene rings is 2. The lowest BCUT2D eigenvalue weighted by molar-refractivity contribution is -0.131. The molecule has 2 aromatic carbocycles. The zero-order valence-corrected chi connectivity index (χ0v) is 19.8. The van der Waals surface area contributed by atoms with Gasteiger partial charge in [-0.1, -0.05) is 24.3 Å². The first kappa shape index (κ1) is 22.9. The fraction of sp³-hybridized carbons (Fsp3) is 0.286. The van der Waals surface area contributed by atoms with Gasteiger partial charge in [0.25, 0.3) is 5.91 Å². The minimum atomic E-state index is -0.370. The highest BCUT2D eigenvalue weighted by Gasteiger charge is 2.47. The van der Waals surface area contributed by atoms with Crippen LogP contribution in [0.3, 0.4) is 0 Å². The fourth-order valence-electron chi connectivity index (χ4n) is 4.71. The molecular weight excluding hydrogens is 442 g/mol. The van der Waals surface area contributed by atoms with Crippen LogP contribution in [-0.4, -0.2) is 52.1 Å². The molecule has 0 saturated heterocycles. The Morgan fingerprint density at radius 2 is 1.86 bits per heavy atom. The van der Waals surface area contributed by atoms with E-state index in [1.807, 2.05) is 24.3 Å². The van der Waals surface area contributed by atoms with E-state index in [-0.39, 0.29) is 30.4 Å². The van der Waals surface area contributed by atoms with Gasteiger partial charge in [-0.25, -0.2) is 9.97 Å². The monoisotopic (exact) mass is 469 g/mol. The predicted molar refractivity (Wildman–Crippen MR) is 132 cm³/mol. The van der Waals surface area contributed by atoms with Crippen molar-refractivity contribution in [3.05, 3.63) is 83.4 Å². The Morgan fingerprint density at radius 3 is 2.54 bits per heavy atom. The Balaban J connectivity index is 1.47. The van der Waals surface area contributed by atoms with Gasteiger partial charge in [0.2, 0.25) is 0 Å². The Bertz CT molecular complexity index is 1330. The van der Waals surface area contributed by atoms with Crippen LogP contribution in [0.2, 0.25) is 0 Å². The van der Waals surface area contributed by atoms with Crippen LogP contribution in [0.4, 0.5) is 0 Å². The summed E-state index contributed by atoms with van der Waals surface area (Å²) in [5.41, 5.74) is 5.59. The summed E-state index contributed by atoms with van der Waals surface area (Å²) in [5, 5.41) is 9.21. The van der Waals surface area contributed by atoms with E-state index in [0.717, 1.165) is 41.5 Å². The lowest BCUT2D eigenvalue weighted by Gasteiger charge is -2.26. The van der Waals surface area contributed by atoms with Gasteiger partial charge < -0.3 is 14.7 Å². The largest absolute Gasteiger partial charge is 0.427 e. The molecule has 5 rings (SSSR count). The van der Waals surface area contributed by atoms with Crippen molar-refractivity contribution in [1.82, 2.24) is 14.9 Å². The number of hydrogen-bond donors (Lipinski definition) is 1. The predicted octanol–water partition coefficient (Wildman–Crippen LogP) is 4.00. The van der Waals surface area contributed by atoms with E-state index in [1.165, 1.54) is 17.4 Å². The lowest BCUT2D eigenvalue weighted by atomic mass is 9.79. The van der Waals surface area contributed by atoms with Crippen molar-refractivity contribution >= 4 is 17.4 Å². The number of ether oxygens (including phenoxy) is 1. The van der Waals surface area contributed by atoms with E-state index in [2.05, 4.69) is 22.1 Å². The number of likely N-dealkylation sites (N-methyl/N-ethyl adjacent to an activating group) is 1. The summed E-state index contributed by atoms with van der Waals surface area (Å²) in [6.07, 6.45) is 8.93. The van der Waals surface area contributed by atoms with Crippen LogP contribution in [0.5, 0.6) is 5.75 Å². The van der Waals surface area contributed by atoms with Crippen molar-refractivity contribution < 1.29 is 19.4 Å². The quantitative estimate of drug-likeness (QED) is 0.433.